The molecule has 0 aliphatic heterocycles. The molecule has 0 saturated carbocycles. The highest BCUT2D eigenvalue weighted by molar-refractivity contribution is 9.10. The molecular formula is C25H25BrN2O3. The van der Waals surface area contributed by atoms with Crippen LogP contribution in [0, 0.1) is 27.7 Å². The van der Waals surface area contributed by atoms with Gasteiger partial charge in [-0.05, 0) is 86.3 Å². The number of ether oxygens (including phenoxy) is 1. The van der Waals surface area contributed by atoms with Gasteiger partial charge in [-0.2, -0.15) is 0 Å². The van der Waals surface area contributed by atoms with E-state index in [2.05, 4.69) is 26.6 Å². The summed E-state index contributed by atoms with van der Waals surface area (Å²) in [5.41, 5.74) is 5.64. The van der Waals surface area contributed by atoms with Gasteiger partial charge >= 0.3 is 0 Å². The van der Waals surface area contributed by atoms with E-state index in [-0.39, 0.29) is 18.4 Å². The first-order valence-corrected chi connectivity index (χ1v) is 10.7. The second-order valence-electron chi connectivity index (χ2n) is 7.50. The van der Waals surface area contributed by atoms with E-state index in [1.54, 1.807) is 24.3 Å². The number of rotatable bonds is 6. The summed E-state index contributed by atoms with van der Waals surface area (Å²) in [7, 11) is 0. The van der Waals surface area contributed by atoms with E-state index in [0.717, 1.165) is 26.7 Å². The third-order valence-corrected chi connectivity index (χ3v) is 5.44. The van der Waals surface area contributed by atoms with Crippen LogP contribution in [-0.2, 0) is 4.79 Å². The smallest absolute Gasteiger partial charge is 0.262 e. The second-order valence-corrected chi connectivity index (χ2v) is 8.42. The van der Waals surface area contributed by atoms with E-state index in [0.29, 0.717) is 22.7 Å². The molecule has 3 rings (SSSR count). The number of halogens is 1. The van der Waals surface area contributed by atoms with Crippen LogP contribution in [0.5, 0.6) is 5.75 Å². The third-order valence-electron chi connectivity index (χ3n) is 4.98. The Morgan fingerprint density at radius 1 is 0.839 bits per heavy atom. The molecule has 0 aromatic heterocycles. The van der Waals surface area contributed by atoms with Gasteiger partial charge in [0.1, 0.15) is 5.75 Å². The van der Waals surface area contributed by atoms with Gasteiger partial charge in [-0.25, -0.2) is 0 Å². The van der Waals surface area contributed by atoms with Crippen LogP contribution in [0.4, 0.5) is 11.4 Å². The topological polar surface area (TPSA) is 67.4 Å². The van der Waals surface area contributed by atoms with Gasteiger partial charge < -0.3 is 15.4 Å². The van der Waals surface area contributed by atoms with Crippen LogP contribution in [0.25, 0.3) is 0 Å². The average molecular weight is 481 g/mol. The molecule has 2 N–H and O–H groups in total. The molecule has 160 valence electrons. The molecule has 6 heteroatoms. The van der Waals surface area contributed by atoms with Crippen molar-refractivity contribution in [2.75, 3.05) is 17.2 Å². The Kier molecular flexibility index (Phi) is 7.13. The number of anilines is 2. The molecular weight excluding hydrogens is 456 g/mol. The molecule has 0 saturated heterocycles. The fourth-order valence-corrected chi connectivity index (χ4v) is 3.94. The number of carbonyl (C=O) groups excluding carboxylic acids is 2. The van der Waals surface area contributed by atoms with Crippen molar-refractivity contribution in [3.05, 3.63) is 86.9 Å². The van der Waals surface area contributed by atoms with Gasteiger partial charge in [0.15, 0.2) is 6.61 Å². The zero-order chi connectivity index (χ0) is 22.5. The number of nitrogens with one attached hydrogen (secondary N) is 2. The van der Waals surface area contributed by atoms with E-state index in [4.69, 9.17) is 4.74 Å². The molecule has 3 aromatic rings. The fourth-order valence-electron chi connectivity index (χ4n) is 3.26. The molecule has 0 fully saturated rings. The number of hydrogen-bond acceptors (Lipinski definition) is 3. The van der Waals surface area contributed by atoms with E-state index in [9.17, 15) is 9.59 Å². The van der Waals surface area contributed by atoms with Gasteiger partial charge in [0.2, 0.25) is 0 Å². The van der Waals surface area contributed by atoms with Crippen LogP contribution in [-0.4, -0.2) is 18.4 Å². The molecule has 0 aliphatic rings. The summed E-state index contributed by atoms with van der Waals surface area (Å²) in [4.78, 5) is 25.3. The second kappa shape index (κ2) is 9.79. The maximum atomic E-state index is 12.8. The van der Waals surface area contributed by atoms with E-state index in [1.165, 1.54) is 0 Å². The minimum Gasteiger partial charge on any atom is -0.483 e. The average Bonchev–Trinajstić information content (AvgIpc) is 2.70. The summed E-state index contributed by atoms with van der Waals surface area (Å²) >= 11 is 3.45. The van der Waals surface area contributed by atoms with Crippen LogP contribution < -0.4 is 15.4 Å². The van der Waals surface area contributed by atoms with Crippen LogP contribution in [0.3, 0.4) is 0 Å². The Bertz CT molecular complexity index is 1120. The zero-order valence-corrected chi connectivity index (χ0v) is 19.6. The standard InChI is InChI=1S/C25H25BrN2O3/c1-15-9-10-20(13-16(15)2)27-25(30)21-7-5-6-8-22(21)28-23(29)14-31-24-17(3)11-19(26)12-18(24)4/h5-13H,14H2,1-4H3,(H,27,30)(H,28,29). The quantitative estimate of drug-likeness (QED) is 0.457. The Morgan fingerprint density at radius 2 is 1.52 bits per heavy atom. The fraction of sp³-hybridized carbons (Fsp3) is 0.200. The highest BCUT2D eigenvalue weighted by Crippen LogP contribution is 2.27. The Labute approximate surface area is 191 Å². The number of aryl methyl sites for hydroxylation is 4. The molecule has 5 nitrogen and oxygen atoms in total. The monoisotopic (exact) mass is 480 g/mol. The molecule has 0 atom stereocenters. The molecule has 0 unspecified atom stereocenters. The predicted octanol–water partition coefficient (Wildman–Crippen LogP) is 5.95. The minimum absolute atomic E-state index is 0.156. The van der Waals surface area contributed by atoms with Crippen molar-refractivity contribution < 1.29 is 14.3 Å². The lowest BCUT2D eigenvalue weighted by molar-refractivity contribution is -0.118. The Hall–Kier alpha value is -3.12. The van der Waals surface area contributed by atoms with Gasteiger partial charge in [-0.3, -0.25) is 9.59 Å². The van der Waals surface area contributed by atoms with Crippen molar-refractivity contribution in [3.63, 3.8) is 0 Å². The normalized spacial score (nSPS) is 10.5. The van der Waals surface area contributed by atoms with E-state index >= 15 is 0 Å². The van der Waals surface area contributed by atoms with Crippen molar-refractivity contribution in [2.45, 2.75) is 27.7 Å². The van der Waals surface area contributed by atoms with Crippen molar-refractivity contribution in [3.8, 4) is 5.75 Å². The van der Waals surface area contributed by atoms with Gasteiger partial charge in [0.25, 0.3) is 11.8 Å². The summed E-state index contributed by atoms with van der Waals surface area (Å²) in [5.74, 6) is 0.0481. The van der Waals surface area contributed by atoms with Crippen LogP contribution in [0.1, 0.15) is 32.6 Å². The largest absolute Gasteiger partial charge is 0.483 e. The lowest BCUT2D eigenvalue weighted by atomic mass is 10.1. The van der Waals surface area contributed by atoms with Crippen LogP contribution >= 0.6 is 15.9 Å². The van der Waals surface area contributed by atoms with Crippen molar-refractivity contribution in [2.24, 2.45) is 0 Å². The van der Waals surface area contributed by atoms with Gasteiger partial charge in [-0.15, -0.1) is 0 Å². The summed E-state index contributed by atoms with van der Waals surface area (Å²) in [6.07, 6.45) is 0. The number of amides is 2. The van der Waals surface area contributed by atoms with E-state index < -0.39 is 0 Å². The summed E-state index contributed by atoms with van der Waals surface area (Å²) in [6, 6.07) is 16.5. The molecule has 3 aromatic carbocycles. The van der Waals surface area contributed by atoms with Crippen molar-refractivity contribution in [1.29, 1.82) is 0 Å². The first kappa shape index (κ1) is 22.6. The number of carbonyl (C=O) groups is 2. The lowest BCUT2D eigenvalue weighted by Gasteiger charge is -2.14. The van der Waals surface area contributed by atoms with Crippen molar-refractivity contribution >= 4 is 39.1 Å². The summed E-state index contributed by atoms with van der Waals surface area (Å²) < 4.78 is 6.70. The number of para-hydroxylation sites is 1. The maximum Gasteiger partial charge on any atom is 0.262 e. The highest BCUT2D eigenvalue weighted by atomic mass is 79.9. The molecule has 0 radical (unpaired) electrons. The third kappa shape index (κ3) is 5.73. The van der Waals surface area contributed by atoms with E-state index in [1.807, 2.05) is 58.0 Å². The van der Waals surface area contributed by atoms with Gasteiger partial charge in [0.05, 0.1) is 11.3 Å². The van der Waals surface area contributed by atoms with Gasteiger partial charge in [0, 0.05) is 10.2 Å². The minimum atomic E-state index is -0.340. The maximum absolute atomic E-state index is 12.8. The molecule has 0 spiro atoms. The number of hydrogen-bond donors (Lipinski definition) is 2. The predicted molar refractivity (Wildman–Crippen MR) is 128 cm³/mol. The molecule has 31 heavy (non-hydrogen) atoms. The first-order valence-electron chi connectivity index (χ1n) is 9.91. The molecule has 0 heterocycles. The van der Waals surface area contributed by atoms with Crippen LogP contribution in [0.2, 0.25) is 0 Å². The van der Waals surface area contributed by atoms with Crippen molar-refractivity contribution in [1.82, 2.24) is 0 Å². The first-order chi connectivity index (χ1) is 14.7. The summed E-state index contributed by atoms with van der Waals surface area (Å²) in [5, 5.41) is 5.68. The SMILES string of the molecule is Cc1ccc(NC(=O)c2ccccc2NC(=O)COc2c(C)cc(Br)cc2C)cc1C. The molecule has 0 bridgehead atoms. The van der Waals surface area contributed by atoms with Gasteiger partial charge in [-0.1, -0.05) is 34.1 Å². The Morgan fingerprint density at radius 3 is 2.19 bits per heavy atom. The highest BCUT2D eigenvalue weighted by Gasteiger charge is 2.15. The zero-order valence-electron chi connectivity index (χ0n) is 18.0. The Balaban J connectivity index is 1.69. The molecule has 2 amide bonds. The summed E-state index contributed by atoms with van der Waals surface area (Å²) in [6.45, 7) is 7.71. The number of benzene rings is 3. The lowest BCUT2D eigenvalue weighted by Crippen LogP contribution is -2.23. The molecule has 0 aliphatic carbocycles. The van der Waals surface area contributed by atoms with Crippen LogP contribution in [0.15, 0.2) is 59.1 Å².